The van der Waals surface area contributed by atoms with Gasteiger partial charge >= 0.3 is 11.9 Å². The third kappa shape index (κ3) is 7.32. The molecule has 1 amide bonds. The van der Waals surface area contributed by atoms with Crippen molar-refractivity contribution >= 4 is 34.4 Å². The maximum Gasteiger partial charge on any atom is 0.339 e. The Morgan fingerprint density at radius 3 is 2.20 bits per heavy atom. The summed E-state index contributed by atoms with van der Waals surface area (Å²) in [6.07, 6.45) is 1.35. The summed E-state index contributed by atoms with van der Waals surface area (Å²) in [6, 6.07) is 24.4. The molecule has 1 aromatic heterocycles. The van der Waals surface area contributed by atoms with Crippen molar-refractivity contribution in [2.75, 3.05) is 25.0 Å². The second-order valence-corrected chi connectivity index (χ2v) is 12.0. The number of likely N-dealkylation sites (tertiary alicyclic amines) is 1. The van der Waals surface area contributed by atoms with E-state index in [4.69, 9.17) is 14.5 Å². The van der Waals surface area contributed by atoms with E-state index in [9.17, 15) is 14.4 Å². The molecule has 3 aromatic carbocycles. The summed E-state index contributed by atoms with van der Waals surface area (Å²) in [4.78, 5) is 46.2. The van der Waals surface area contributed by atoms with Crippen LogP contribution in [0.1, 0.15) is 66.8 Å². The number of hydrogen-bond donors (Lipinski definition) is 1. The first-order chi connectivity index (χ1) is 21.1. The highest BCUT2D eigenvalue weighted by Crippen LogP contribution is 2.34. The molecule has 0 atom stereocenters. The third-order valence-electron chi connectivity index (χ3n) is 7.65. The van der Waals surface area contributed by atoms with Crippen LogP contribution in [0.2, 0.25) is 0 Å². The number of nitrogens with zero attached hydrogens (tertiary/aromatic N) is 2. The van der Waals surface area contributed by atoms with E-state index >= 15 is 0 Å². The monoisotopic (exact) mass is 593 g/mol. The largest absolute Gasteiger partial charge is 0.462 e. The molecular formula is C36H39N3O5. The van der Waals surface area contributed by atoms with E-state index in [2.05, 4.69) is 10.2 Å². The molecule has 1 N–H and O–H groups in total. The second kappa shape index (κ2) is 13.4. The van der Waals surface area contributed by atoms with Gasteiger partial charge in [-0.15, -0.1) is 0 Å². The molecule has 0 spiro atoms. The molecule has 0 bridgehead atoms. The summed E-state index contributed by atoms with van der Waals surface area (Å²) in [6.45, 7) is 9.57. The topological polar surface area (TPSA) is 97.8 Å². The standard InChI is InChI=1S/C36H39N3O5/c1-5-43-34(41)26-15-17-27(18-16-26)37-33(40)25-19-21-39(22-20-25)23-29-31(35(42)44-36(2,3)4)28-13-9-10-14-30(28)38-32(29)24-11-7-6-8-12-24/h6-18,25H,5,19-23H2,1-4H3,(H,37,40). The molecule has 8 heteroatoms. The fraction of sp³-hybridized carbons (Fsp3) is 0.333. The van der Waals surface area contributed by atoms with Crippen molar-refractivity contribution in [1.82, 2.24) is 9.88 Å². The van der Waals surface area contributed by atoms with Crippen molar-refractivity contribution in [2.24, 2.45) is 5.92 Å². The molecule has 228 valence electrons. The number of hydrogen-bond acceptors (Lipinski definition) is 7. The number of benzene rings is 3. The normalized spacial score (nSPS) is 14.3. The number of aromatic nitrogens is 1. The highest BCUT2D eigenvalue weighted by atomic mass is 16.6. The van der Waals surface area contributed by atoms with Gasteiger partial charge in [-0.2, -0.15) is 0 Å². The van der Waals surface area contributed by atoms with Crippen LogP contribution in [0.4, 0.5) is 5.69 Å². The summed E-state index contributed by atoms with van der Waals surface area (Å²) in [5.74, 6) is -0.943. The quantitative estimate of drug-likeness (QED) is 0.222. The number of ether oxygens (including phenoxy) is 2. The van der Waals surface area contributed by atoms with Gasteiger partial charge in [0.2, 0.25) is 5.91 Å². The number of piperidine rings is 1. The lowest BCUT2D eigenvalue weighted by molar-refractivity contribution is -0.121. The minimum atomic E-state index is -0.656. The van der Waals surface area contributed by atoms with Gasteiger partial charge in [0.05, 0.1) is 28.9 Å². The number of fused-ring (bicyclic) bond motifs is 1. The van der Waals surface area contributed by atoms with E-state index in [-0.39, 0.29) is 23.8 Å². The Kier molecular flexibility index (Phi) is 9.40. The number of anilines is 1. The van der Waals surface area contributed by atoms with Crippen molar-refractivity contribution in [1.29, 1.82) is 0 Å². The molecule has 0 saturated carbocycles. The highest BCUT2D eigenvalue weighted by Gasteiger charge is 2.30. The number of carbonyl (C=O) groups is 3. The first kappa shape index (κ1) is 30.9. The van der Waals surface area contributed by atoms with Gasteiger partial charge in [0.15, 0.2) is 0 Å². The molecule has 1 aliphatic rings. The Morgan fingerprint density at radius 1 is 0.886 bits per heavy atom. The Labute approximate surface area is 258 Å². The lowest BCUT2D eigenvalue weighted by Crippen LogP contribution is -2.38. The van der Waals surface area contributed by atoms with Crippen LogP contribution in [0.15, 0.2) is 78.9 Å². The molecule has 0 unspecified atom stereocenters. The first-order valence-corrected chi connectivity index (χ1v) is 15.1. The number of rotatable bonds is 8. The van der Waals surface area contributed by atoms with Crippen LogP contribution in [0, 0.1) is 5.92 Å². The smallest absolute Gasteiger partial charge is 0.339 e. The Morgan fingerprint density at radius 2 is 1.55 bits per heavy atom. The van der Waals surface area contributed by atoms with E-state index in [1.54, 1.807) is 31.2 Å². The second-order valence-electron chi connectivity index (χ2n) is 12.0. The summed E-state index contributed by atoms with van der Waals surface area (Å²) in [5.41, 5.74) is 4.23. The number of esters is 2. The van der Waals surface area contributed by atoms with Crippen LogP contribution in [0.5, 0.6) is 0 Å². The molecule has 44 heavy (non-hydrogen) atoms. The Hall–Kier alpha value is -4.56. The summed E-state index contributed by atoms with van der Waals surface area (Å²) in [7, 11) is 0. The lowest BCUT2D eigenvalue weighted by Gasteiger charge is -2.32. The minimum Gasteiger partial charge on any atom is -0.462 e. The van der Waals surface area contributed by atoms with Gasteiger partial charge in [-0.05, 0) is 84.0 Å². The molecule has 1 fully saturated rings. The number of carbonyl (C=O) groups excluding carboxylic acids is 3. The number of amides is 1. The number of pyridine rings is 1. The van der Waals surface area contributed by atoms with Crippen LogP contribution < -0.4 is 5.32 Å². The molecule has 1 aliphatic heterocycles. The van der Waals surface area contributed by atoms with Crippen LogP contribution in [0.25, 0.3) is 22.2 Å². The van der Waals surface area contributed by atoms with Gasteiger partial charge in [0.1, 0.15) is 5.60 Å². The summed E-state index contributed by atoms with van der Waals surface area (Å²) >= 11 is 0. The molecule has 2 heterocycles. The van der Waals surface area contributed by atoms with Crippen LogP contribution in [-0.4, -0.2) is 53.0 Å². The van der Waals surface area contributed by atoms with Gasteiger partial charge in [-0.3, -0.25) is 9.69 Å². The highest BCUT2D eigenvalue weighted by molar-refractivity contribution is 6.06. The average Bonchev–Trinajstić information content (AvgIpc) is 3.01. The predicted octanol–water partition coefficient (Wildman–Crippen LogP) is 6.88. The van der Waals surface area contributed by atoms with Crippen molar-refractivity contribution in [3.05, 3.63) is 95.6 Å². The molecule has 5 rings (SSSR count). The molecule has 1 saturated heterocycles. The zero-order chi connectivity index (χ0) is 31.3. The third-order valence-corrected chi connectivity index (χ3v) is 7.65. The molecule has 0 radical (unpaired) electrons. The van der Waals surface area contributed by atoms with Crippen LogP contribution >= 0.6 is 0 Å². The molecule has 4 aromatic rings. The fourth-order valence-corrected chi connectivity index (χ4v) is 5.53. The average molecular weight is 594 g/mol. The maximum absolute atomic E-state index is 13.8. The number of para-hydroxylation sites is 1. The predicted molar refractivity (Wildman–Crippen MR) is 171 cm³/mol. The van der Waals surface area contributed by atoms with Gasteiger partial charge < -0.3 is 14.8 Å². The fourth-order valence-electron chi connectivity index (χ4n) is 5.53. The van der Waals surface area contributed by atoms with Gasteiger partial charge in [0, 0.05) is 34.7 Å². The molecule has 8 nitrogen and oxygen atoms in total. The van der Waals surface area contributed by atoms with E-state index in [0.29, 0.717) is 55.9 Å². The zero-order valence-electron chi connectivity index (χ0n) is 25.8. The SMILES string of the molecule is CCOC(=O)c1ccc(NC(=O)C2CCN(Cc3c(-c4ccccc4)nc4ccccc4c3C(=O)OC(C)(C)C)CC2)cc1. The van der Waals surface area contributed by atoms with Crippen molar-refractivity contribution < 1.29 is 23.9 Å². The van der Waals surface area contributed by atoms with E-state index in [0.717, 1.165) is 27.7 Å². The summed E-state index contributed by atoms with van der Waals surface area (Å²) in [5, 5.41) is 3.75. The Bertz CT molecular complexity index is 1640. The van der Waals surface area contributed by atoms with Gasteiger partial charge in [0.25, 0.3) is 0 Å². The first-order valence-electron chi connectivity index (χ1n) is 15.1. The van der Waals surface area contributed by atoms with E-state index in [1.807, 2.05) is 75.4 Å². The Balaban J connectivity index is 1.36. The van der Waals surface area contributed by atoms with Gasteiger partial charge in [-0.1, -0.05) is 48.5 Å². The molecule has 0 aliphatic carbocycles. The summed E-state index contributed by atoms with van der Waals surface area (Å²) < 4.78 is 11.0. The van der Waals surface area contributed by atoms with Crippen LogP contribution in [0.3, 0.4) is 0 Å². The van der Waals surface area contributed by atoms with Crippen LogP contribution in [-0.2, 0) is 20.8 Å². The minimum absolute atomic E-state index is 0.0414. The lowest BCUT2D eigenvalue weighted by atomic mass is 9.93. The van der Waals surface area contributed by atoms with E-state index < -0.39 is 5.60 Å². The van der Waals surface area contributed by atoms with E-state index in [1.165, 1.54) is 0 Å². The molecular weight excluding hydrogens is 554 g/mol. The van der Waals surface area contributed by atoms with Crippen molar-refractivity contribution in [2.45, 2.75) is 52.7 Å². The van der Waals surface area contributed by atoms with Crippen molar-refractivity contribution in [3.8, 4) is 11.3 Å². The zero-order valence-corrected chi connectivity index (χ0v) is 25.8. The van der Waals surface area contributed by atoms with Gasteiger partial charge in [-0.25, -0.2) is 14.6 Å². The van der Waals surface area contributed by atoms with Crippen molar-refractivity contribution in [3.63, 3.8) is 0 Å². The number of nitrogens with one attached hydrogen (secondary N) is 1. The maximum atomic E-state index is 13.8.